The van der Waals surface area contributed by atoms with Gasteiger partial charge in [-0.2, -0.15) is 0 Å². The summed E-state index contributed by atoms with van der Waals surface area (Å²) >= 11 is 7.25. The summed E-state index contributed by atoms with van der Waals surface area (Å²) in [6, 6.07) is 9.49. The topological polar surface area (TPSA) is 95.6 Å². The Hall–Kier alpha value is -2.23. The van der Waals surface area contributed by atoms with Gasteiger partial charge in [-0.3, -0.25) is 14.3 Å². The van der Waals surface area contributed by atoms with Crippen molar-refractivity contribution in [3.63, 3.8) is 0 Å². The molecular weight excluding hydrogens is 470 g/mol. The Morgan fingerprint density at radius 1 is 1.16 bits per heavy atom. The summed E-state index contributed by atoms with van der Waals surface area (Å²) in [6.07, 6.45) is 4.08. The Kier molecular flexibility index (Phi) is 6.69. The van der Waals surface area contributed by atoms with Gasteiger partial charge in [0.05, 0.1) is 16.3 Å². The fourth-order valence-electron chi connectivity index (χ4n) is 3.80. The second kappa shape index (κ2) is 9.33. The Morgan fingerprint density at radius 3 is 2.59 bits per heavy atom. The molecule has 2 aliphatic heterocycles. The lowest BCUT2D eigenvalue weighted by Crippen LogP contribution is -2.45. The highest BCUT2D eigenvalue weighted by Gasteiger charge is 2.36. The molecule has 1 saturated heterocycles. The highest BCUT2D eigenvalue weighted by atomic mass is 35.5. The lowest BCUT2D eigenvalue weighted by atomic mass is 10.2. The second-order valence-corrected chi connectivity index (χ2v) is 11.1. The first-order valence-corrected chi connectivity index (χ1v) is 13.2. The van der Waals surface area contributed by atoms with Crippen LogP contribution in [0.3, 0.4) is 0 Å². The van der Waals surface area contributed by atoms with E-state index < -0.39 is 21.2 Å². The minimum Gasteiger partial charge on any atom is -0.341 e. The number of rotatable bonds is 4. The fraction of sp³-hybridized carbons (Fsp3) is 0.364. The van der Waals surface area contributed by atoms with Crippen molar-refractivity contribution in [3.8, 4) is 0 Å². The average Bonchev–Trinajstić information content (AvgIpc) is 3.05. The van der Waals surface area contributed by atoms with Crippen LogP contribution in [-0.4, -0.2) is 43.5 Å². The summed E-state index contributed by atoms with van der Waals surface area (Å²) < 4.78 is 28.4. The van der Waals surface area contributed by atoms with Crippen LogP contribution in [0.2, 0.25) is 5.02 Å². The molecule has 4 rings (SSSR count). The van der Waals surface area contributed by atoms with Gasteiger partial charge in [0.25, 0.3) is 10.0 Å². The SMILES string of the molecule is Cc1c(Cl)cccc1NS(=O)(=O)c1ccc2c(c1)NC(=O)[C@@H](C(=O)N1CCCCCC1)S2. The number of likely N-dealkylation sites (tertiary alicyclic amines) is 1. The zero-order valence-corrected chi connectivity index (χ0v) is 19.9. The zero-order chi connectivity index (χ0) is 22.9. The Morgan fingerprint density at radius 2 is 1.88 bits per heavy atom. The summed E-state index contributed by atoms with van der Waals surface area (Å²) in [6.45, 7) is 3.06. The molecule has 32 heavy (non-hydrogen) atoms. The van der Waals surface area contributed by atoms with Crippen molar-refractivity contribution in [1.82, 2.24) is 4.90 Å². The fourth-order valence-corrected chi connectivity index (χ4v) is 6.17. The number of nitrogens with one attached hydrogen (secondary N) is 2. The predicted molar refractivity (Wildman–Crippen MR) is 127 cm³/mol. The molecule has 10 heteroatoms. The standard InChI is InChI=1S/C22H24ClN3O4S2/c1-14-16(23)7-6-8-17(14)25-32(29,30)15-9-10-19-18(13-15)24-21(27)20(31-19)22(28)26-11-4-2-3-5-12-26/h6-10,13,20,25H,2-5,11-12H2,1H3,(H,24,27)/t20-/m0/s1. The van der Waals surface area contributed by atoms with Gasteiger partial charge in [-0.1, -0.05) is 30.5 Å². The lowest BCUT2D eigenvalue weighted by molar-refractivity contribution is -0.133. The van der Waals surface area contributed by atoms with Crippen molar-refractivity contribution >= 4 is 56.6 Å². The van der Waals surface area contributed by atoms with Crippen LogP contribution in [0.1, 0.15) is 31.2 Å². The van der Waals surface area contributed by atoms with Crippen LogP contribution in [0.15, 0.2) is 46.2 Å². The van der Waals surface area contributed by atoms with Gasteiger partial charge >= 0.3 is 0 Å². The molecule has 7 nitrogen and oxygen atoms in total. The van der Waals surface area contributed by atoms with Crippen LogP contribution in [0.5, 0.6) is 0 Å². The summed E-state index contributed by atoms with van der Waals surface area (Å²) in [5.41, 5.74) is 1.39. The summed E-state index contributed by atoms with van der Waals surface area (Å²) in [7, 11) is -3.90. The molecule has 170 valence electrons. The molecular formula is C22H24ClN3O4S2. The number of carbonyl (C=O) groups is 2. The van der Waals surface area contributed by atoms with Gasteiger partial charge in [-0.05, 0) is 55.7 Å². The third-order valence-electron chi connectivity index (χ3n) is 5.66. The van der Waals surface area contributed by atoms with Gasteiger partial charge in [-0.15, -0.1) is 11.8 Å². The van der Waals surface area contributed by atoms with E-state index in [1.54, 1.807) is 36.1 Å². The first-order chi connectivity index (χ1) is 15.3. The number of amides is 2. The van der Waals surface area contributed by atoms with Crippen molar-refractivity contribution in [2.45, 2.75) is 47.6 Å². The van der Waals surface area contributed by atoms with E-state index in [9.17, 15) is 18.0 Å². The van der Waals surface area contributed by atoms with Gasteiger partial charge in [0.15, 0.2) is 5.25 Å². The quantitative estimate of drug-likeness (QED) is 0.620. The lowest BCUT2D eigenvalue weighted by Gasteiger charge is -2.29. The zero-order valence-electron chi connectivity index (χ0n) is 17.6. The maximum atomic E-state index is 12.9. The molecule has 1 atom stereocenters. The van der Waals surface area contributed by atoms with Gasteiger partial charge in [-0.25, -0.2) is 8.42 Å². The molecule has 1 fully saturated rings. The predicted octanol–water partition coefficient (Wildman–Crippen LogP) is 4.26. The van der Waals surface area contributed by atoms with Crippen molar-refractivity contribution in [3.05, 3.63) is 47.0 Å². The molecule has 2 heterocycles. The second-order valence-electron chi connectivity index (χ2n) is 7.90. The molecule has 2 aliphatic rings. The molecule has 2 aromatic carbocycles. The maximum Gasteiger partial charge on any atom is 0.261 e. The van der Waals surface area contributed by atoms with Crippen LogP contribution in [0.25, 0.3) is 0 Å². The maximum absolute atomic E-state index is 12.9. The number of carbonyl (C=O) groups excluding carboxylic acids is 2. The normalized spacial score (nSPS) is 19.0. The third kappa shape index (κ3) is 4.74. The number of sulfonamides is 1. The highest BCUT2D eigenvalue weighted by molar-refractivity contribution is 8.01. The average molecular weight is 494 g/mol. The largest absolute Gasteiger partial charge is 0.341 e. The van der Waals surface area contributed by atoms with Crippen LogP contribution < -0.4 is 10.0 Å². The number of anilines is 2. The number of hydrogen-bond acceptors (Lipinski definition) is 5. The van der Waals surface area contributed by atoms with Gasteiger partial charge < -0.3 is 10.2 Å². The summed E-state index contributed by atoms with van der Waals surface area (Å²) in [5.74, 6) is -0.611. The number of fused-ring (bicyclic) bond motifs is 1. The monoisotopic (exact) mass is 493 g/mol. The van der Waals surface area contributed by atoms with E-state index >= 15 is 0 Å². The Balaban J connectivity index is 1.54. The van der Waals surface area contributed by atoms with E-state index in [0.717, 1.165) is 25.7 Å². The van der Waals surface area contributed by atoms with E-state index in [1.807, 2.05) is 0 Å². The molecule has 0 radical (unpaired) electrons. The van der Waals surface area contributed by atoms with Crippen LogP contribution in [0.4, 0.5) is 11.4 Å². The van der Waals surface area contributed by atoms with Crippen molar-refractivity contribution < 1.29 is 18.0 Å². The van der Waals surface area contributed by atoms with Crippen LogP contribution in [-0.2, 0) is 19.6 Å². The molecule has 2 N–H and O–H groups in total. The van der Waals surface area contributed by atoms with Crippen LogP contribution >= 0.6 is 23.4 Å². The molecule has 0 saturated carbocycles. The molecule has 0 aliphatic carbocycles. The van der Waals surface area contributed by atoms with E-state index in [4.69, 9.17) is 11.6 Å². The summed E-state index contributed by atoms with van der Waals surface area (Å²) in [5, 5.41) is 2.31. The van der Waals surface area contributed by atoms with E-state index in [2.05, 4.69) is 10.0 Å². The van der Waals surface area contributed by atoms with Gasteiger partial charge in [0.2, 0.25) is 11.8 Å². The van der Waals surface area contributed by atoms with E-state index in [1.165, 1.54) is 23.9 Å². The number of nitrogens with zero attached hydrogens (tertiary/aromatic N) is 1. The molecule has 0 unspecified atom stereocenters. The number of benzene rings is 2. The first kappa shape index (κ1) is 22.9. The van der Waals surface area contributed by atoms with Crippen molar-refractivity contribution in [2.24, 2.45) is 0 Å². The molecule has 0 aromatic heterocycles. The molecule has 0 spiro atoms. The Bertz CT molecular complexity index is 1160. The van der Waals surface area contributed by atoms with Crippen molar-refractivity contribution in [2.75, 3.05) is 23.1 Å². The number of hydrogen-bond donors (Lipinski definition) is 2. The van der Waals surface area contributed by atoms with E-state index in [-0.39, 0.29) is 10.8 Å². The third-order valence-corrected chi connectivity index (χ3v) is 8.69. The minimum atomic E-state index is -3.90. The molecule has 0 bridgehead atoms. The Labute approximate surface area is 196 Å². The smallest absolute Gasteiger partial charge is 0.261 e. The number of thioether (sulfide) groups is 1. The molecule has 2 aromatic rings. The summed E-state index contributed by atoms with van der Waals surface area (Å²) in [4.78, 5) is 28.1. The van der Waals surface area contributed by atoms with E-state index in [0.29, 0.717) is 39.9 Å². The molecule has 2 amide bonds. The number of halogens is 1. The van der Waals surface area contributed by atoms with Gasteiger partial charge in [0.1, 0.15) is 0 Å². The first-order valence-electron chi connectivity index (χ1n) is 10.4. The van der Waals surface area contributed by atoms with Crippen molar-refractivity contribution in [1.29, 1.82) is 0 Å². The highest BCUT2D eigenvalue weighted by Crippen LogP contribution is 2.38. The van der Waals surface area contributed by atoms with Gasteiger partial charge in [0, 0.05) is 23.0 Å². The minimum absolute atomic E-state index is 0.00817. The van der Waals surface area contributed by atoms with Crippen LogP contribution in [0, 0.1) is 6.92 Å².